The molecule has 9 nitrogen and oxygen atoms in total. The van der Waals surface area contributed by atoms with Crippen molar-refractivity contribution < 1.29 is 4.79 Å². The van der Waals surface area contributed by atoms with Gasteiger partial charge in [0.2, 0.25) is 5.91 Å². The van der Waals surface area contributed by atoms with E-state index in [9.17, 15) is 4.79 Å². The second-order valence-corrected chi connectivity index (χ2v) is 6.81. The number of carbonyl (C=O) groups is 1. The molecular weight excluding hydrogens is 356 g/mol. The Bertz CT molecular complexity index is 1200. The monoisotopic (exact) mass is 372 g/mol. The van der Waals surface area contributed by atoms with Crippen LogP contribution in [-0.4, -0.2) is 36.0 Å². The lowest BCUT2D eigenvalue weighted by Gasteiger charge is -2.14. The highest BCUT2D eigenvalue weighted by molar-refractivity contribution is 5.96. The van der Waals surface area contributed by atoms with Crippen molar-refractivity contribution in [3.63, 3.8) is 0 Å². The number of nitriles is 1. The first-order valence-corrected chi connectivity index (χ1v) is 8.49. The molecule has 0 saturated heterocycles. The van der Waals surface area contributed by atoms with Crippen molar-refractivity contribution in [2.24, 2.45) is 5.41 Å². The Morgan fingerprint density at radius 3 is 2.79 bits per heavy atom. The molecular formula is C19H16N8O. The fourth-order valence-electron chi connectivity index (χ4n) is 2.60. The van der Waals surface area contributed by atoms with Gasteiger partial charge >= 0.3 is 0 Å². The average molecular weight is 372 g/mol. The molecule has 0 fully saturated rings. The number of amides is 1. The number of nitrogens with one attached hydrogen (secondary N) is 3. The lowest BCUT2D eigenvalue weighted by molar-refractivity contribution is -0.121. The standard InChI is InChI=1S/C19H16N8O/c1-19(2,10-20)18(28)27-16-9-21-8-15(25-16)12-3-11-4-14(13-6-23-24-7-13)26-17(11)22-5-12/h3-9H,1-2H3,(H,22,26)(H,23,24)(H,25,27,28). The van der Waals surface area contributed by atoms with Gasteiger partial charge in [-0.25, -0.2) is 9.97 Å². The van der Waals surface area contributed by atoms with E-state index < -0.39 is 11.3 Å². The Morgan fingerprint density at radius 1 is 1.18 bits per heavy atom. The smallest absolute Gasteiger partial charge is 0.245 e. The number of hydrogen-bond donors (Lipinski definition) is 3. The molecule has 0 saturated carbocycles. The third-order valence-corrected chi connectivity index (χ3v) is 4.30. The van der Waals surface area contributed by atoms with E-state index in [0.717, 1.165) is 27.9 Å². The van der Waals surface area contributed by atoms with Crippen LogP contribution in [0.15, 0.2) is 43.1 Å². The molecule has 0 spiro atoms. The molecule has 1 amide bonds. The number of anilines is 1. The highest BCUT2D eigenvalue weighted by atomic mass is 16.2. The van der Waals surface area contributed by atoms with Crippen molar-refractivity contribution >= 4 is 22.8 Å². The van der Waals surface area contributed by atoms with Gasteiger partial charge in [-0.1, -0.05) is 0 Å². The quantitative estimate of drug-likeness (QED) is 0.504. The second-order valence-electron chi connectivity index (χ2n) is 6.81. The molecule has 0 aliphatic heterocycles. The van der Waals surface area contributed by atoms with E-state index in [2.05, 4.69) is 35.5 Å². The van der Waals surface area contributed by atoms with Crippen LogP contribution in [0.4, 0.5) is 5.82 Å². The van der Waals surface area contributed by atoms with Gasteiger partial charge in [-0.2, -0.15) is 10.4 Å². The van der Waals surface area contributed by atoms with E-state index >= 15 is 0 Å². The third kappa shape index (κ3) is 3.19. The van der Waals surface area contributed by atoms with E-state index in [4.69, 9.17) is 5.26 Å². The molecule has 9 heteroatoms. The summed E-state index contributed by atoms with van der Waals surface area (Å²) in [6.07, 6.45) is 8.25. The zero-order valence-electron chi connectivity index (χ0n) is 15.2. The van der Waals surface area contributed by atoms with Gasteiger partial charge in [-0.3, -0.25) is 14.9 Å². The molecule has 0 atom stereocenters. The van der Waals surface area contributed by atoms with Crippen molar-refractivity contribution in [2.75, 3.05) is 5.32 Å². The van der Waals surface area contributed by atoms with Crippen LogP contribution < -0.4 is 5.32 Å². The summed E-state index contributed by atoms with van der Waals surface area (Å²) in [7, 11) is 0. The molecule has 0 aliphatic rings. The van der Waals surface area contributed by atoms with Gasteiger partial charge in [0.05, 0.1) is 36.0 Å². The fraction of sp³-hybridized carbons (Fsp3) is 0.158. The summed E-state index contributed by atoms with van der Waals surface area (Å²) in [5.74, 6) is -0.163. The minimum atomic E-state index is -1.16. The minimum absolute atomic E-state index is 0.277. The van der Waals surface area contributed by atoms with Gasteiger partial charge in [0.1, 0.15) is 11.1 Å². The summed E-state index contributed by atoms with van der Waals surface area (Å²) in [4.78, 5) is 28.4. The lowest BCUT2D eigenvalue weighted by Crippen LogP contribution is -2.29. The van der Waals surface area contributed by atoms with Crippen LogP contribution in [0.1, 0.15) is 13.8 Å². The second kappa shape index (κ2) is 6.59. The van der Waals surface area contributed by atoms with Crippen LogP contribution in [-0.2, 0) is 4.79 Å². The Kier molecular flexibility index (Phi) is 4.08. The average Bonchev–Trinajstić information content (AvgIpc) is 3.37. The molecule has 3 N–H and O–H groups in total. The molecule has 0 aliphatic carbocycles. The Balaban J connectivity index is 1.65. The van der Waals surface area contributed by atoms with Crippen molar-refractivity contribution in [2.45, 2.75) is 13.8 Å². The SMILES string of the molecule is CC(C)(C#N)C(=O)Nc1cncc(-c2cnc3[nH]c(-c4cn[nH]c4)cc3c2)n1. The van der Waals surface area contributed by atoms with Gasteiger partial charge in [-0.05, 0) is 26.0 Å². The summed E-state index contributed by atoms with van der Waals surface area (Å²) in [5.41, 5.74) is 2.74. The van der Waals surface area contributed by atoms with Crippen molar-refractivity contribution in [3.8, 4) is 28.6 Å². The van der Waals surface area contributed by atoms with Crippen LogP contribution >= 0.6 is 0 Å². The molecule has 28 heavy (non-hydrogen) atoms. The first-order chi connectivity index (χ1) is 13.5. The van der Waals surface area contributed by atoms with Gasteiger partial charge in [-0.15, -0.1) is 0 Å². The fourth-order valence-corrected chi connectivity index (χ4v) is 2.60. The zero-order chi connectivity index (χ0) is 19.7. The Labute approximate surface area is 159 Å². The van der Waals surface area contributed by atoms with Crippen LogP contribution in [0.25, 0.3) is 33.5 Å². The van der Waals surface area contributed by atoms with Crippen molar-refractivity contribution in [1.82, 2.24) is 30.1 Å². The highest BCUT2D eigenvalue weighted by Gasteiger charge is 2.27. The number of fused-ring (bicyclic) bond motifs is 1. The van der Waals surface area contributed by atoms with E-state index in [1.807, 2.05) is 18.2 Å². The number of rotatable bonds is 4. The molecule has 0 unspecified atom stereocenters. The normalized spacial score (nSPS) is 11.3. The maximum Gasteiger partial charge on any atom is 0.245 e. The number of pyridine rings is 1. The van der Waals surface area contributed by atoms with Crippen LogP contribution in [0, 0.1) is 16.7 Å². The molecule has 4 aromatic heterocycles. The molecule has 0 aromatic carbocycles. The van der Waals surface area contributed by atoms with Crippen LogP contribution in [0.5, 0.6) is 0 Å². The van der Waals surface area contributed by atoms with Gasteiger partial charge in [0.25, 0.3) is 0 Å². The van der Waals surface area contributed by atoms with E-state index in [0.29, 0.717) is 5.69 Å². The molecule has 4 rings (SSSR count). The van der Waals surface area contributed by atoms with Crippen molar-refractivity contribution in [3.05, 3.63) is 43.1 Å². The molecule has 0 radical (unpaired) electrons. The predicted octanol–water partition coefficient (Wildman–Crippen LogP) is 2.90. The highest BCUT2D eigenvalue weighted by Crippen LogP contribution is 2.26. The van der Waals surface area contributed by atoms with Crippen molar-refractivity contribution in [1.29, 1.82) is 5.26 Å². The predicted molar refractivity (Wildman–Crippen MR) is 103 cm³/mol. The first kappa shape index (κ1) is 17.4. The number of hydrogen-bond acceptors (Lipinski definition) is 6. The number of carbonyl (C=O) groups excluding carboxylic acids is 1. The van der Waals surface area contributed by atoms with Gasteiger partial charge in [0.15, 0.2) is 5.82 Å². The maximum atomic E-state index is 12.2. The zero-order valence-corrected chi connectivity index (χ0v) is 15.2. The van der Waals surface area contributed by atoms with E-state index in [1.54, 1.807) is 38.6 Å². The van der Waals surface area contributed by atoms with Crippen LogP contribution in [0.2, 0.25) is 0 Å². The largest absolute Gasteiger partial charge is 0.339 e. The number of aromatic nitrogens is 6. The maximum absolute atomic E-state index is 12.2. The Morgan fingerprint density at radius 2 is 2.04 bits per heavy atom. The van der Waals surface area contributed by atoms with E-state index in [-0.39, 0.29) is 5.82 Å². The number of nitrogens with zero attached hydrogens (tertiary/aromatic N) is 5. The van der Waals surface area contributed by atoms with E-state index in [1.165, 1.54) is 6.20 Å². The minimum Gasteiger partial charge on any atom is -0.339 e. The summed E-state index contributed by atoms with van der Waals surface area (Å²) in [5, 5.41) is 19.4. The van der Waals surface area contributed by atoms with Gasteiger partial charge < -0.3 is 10.3 Å². The summed E-state index contributed by atoms with van der Waals surface area (Å²) >= 11 is 0. The number of aromatic amines is 2. The molecule has 4 aromatic rings. The summed E-state index contributed by atoms with van der Waals surface area (Å²) in [6, 6.07) is 5.88. The summed E-state index contributed by atoms with van der Waals surface area (Å²) < 4.78 is 0. The Hall–Kier alpha value is -4.06. The summed E-state index contributed by atoms with van der Waals surface area (Å²) in [6.45, 7) is 3.09. The topological polar surface area (TPSA) is 136 Å². The molecule has 138 valence electrons. The first-order valence-electron chi connectivity index (χ1n) is 8.49. The molecule has 4 heterocycles. The third-order valence-electron chi connectivity index (χ3n) is 4.30. The van der Waals surface area contributed by atoms with Gasteiger partial charge in [0, 0.05) is 28.9 Å². The molecule has 0 bridgehead atoms. The number of H-pyrrole nitrogens is 2. The lowest BCUT2D eigenvalue weighted by atomic mass is 9.95. The van der Waals surface area contributed by atoms with Crippen LogP contribution in [0.3, 0.4) is 0 Å².